The maximum Gasteiger partial charge on any atom is 0.339 e. The predicted molar refractivity (Wildman–Crippen MR) is 149 cm³/mol. The van der Waals surface area contributed by atoms with Gasteiger partial charge >= 0.3 is 5.97 Å². The van der Waals surface area contributed by atoms with Crippen molar-refractivity contribution in [3.05, 3.63) is 69.9 Å². The summed E-state index contributed by atoms with van der Waals surface area (Å²) in [6.07, 6.45) is 1.74. The molecule has 1 unspecified atom stereocenters. The molecule has 1 aliphatic heterocycles. The molecule has 0 saturated carbocycles. The number of carbonyl (C=O) groups is 1. The highest BCUT2D eigenvalue weighted by atomic mass is 35.5. The van der Waals surface area contributed by atoms with Gasteiger partial charge in [-0.3, -0.25) is 4.98 Å². The van der Waals surface area contributed by atoms with Gasteiger partial charge in [0.15, 0.2) is 6.10 Å². The summed E-state index contributed by atoms with van der Waals surface area (Å²) in [5, 5.41) is 3.56. The first-order valence-corrected chi connectivity index (χ1v) is 13.1. The number of aryl methyl sites for hydroxylation is 2. The predicted octanol–water partition coefficient (Wildman–Crippen LogP) is 7.68. The van der Waals surface area contributed by atoms with E-state index >= 15 is 0 Å². The molecule has 0 radical (unpaired) electrons. The number of fused-ring (bicyclic) bond motifs is 1. The van der Waals surface area contributed by atoms with Crippen molar-refractivity contribution in [3.63, 3.8) is 0 Å². The largest absolute Gasteiger partial charge is 0.493 e. The van der Waals surface area contributed by atoms with Crippen LogP contribution < -0.4 is 4.74 Å². The summed E-state index contributed by atoms with van der Waals surface area (Å²) >= 11 is 6.85. The second-order valence-electron chi connectivity index (χ2n) is 10.5. The van der Waals surface area contributed by atoms with Gasteiger partial charge in [0.05, 0.1) is 29.4 Å². The average Bonchev–Trinajstić information content (AvgIpc) is 2.85. The fourth-order valence-corrected chi connectivity index (χ4v) is 5.44. The second kappa shape index (κ2) is 9.62. The number of hydrogen-bond donors (Lipinski definition) is 0. The first-order valence-electron chi connectivity index (χ1n) is 12.7. The van der Waals surface area contributed by atoms with Gasteiger partial charge in [-0.25, -0.2) is 4.79 Å². The zero-order valence-electron chi connectivity index (χ0n) is 22.2. The van der Waals surface area contributed by atoms with E-state index in [4.69, 9.17) is 30.8 Å². The minimum atomic E-state index is -0.929. The molecule has 0 aliphatic carbocycles. The number of rotatable bonds is 5. The molecule has 0 N–H and O–H groups in total. The van der Waals surface area contributed by atoms with Gasteiger partial charge in [-0.1, -0.05) is 23.7 Å². The van der Waals surface area contributed by atoms with Crippen molar-refractivity contribution >= 4 is 39.2 Å². The molecule has 6 heteroatoms. The van der Waals surface area contributed by atoms with Crippen molar-refractivity contribution < 1.29 is 19.0 Å². The van der Waals surface area contributed by atoms with Gasteiger partial charge in [0.25, 0.3) is 0 Å². The van der Waals surface area contributed by atoms with Crippen molar-refractivity contribution in [2.24, 2.45) is 0 Å². The summed E-state index contributed by atoms with van der Waals surface area (Å²) in [4.78, 5) is 18.3. The van der Waals surface area contributed by atoms with E-state index in [0.29, 0.717) is 11.6 Å². The van der Waals surface area contributed by atoms with E-state index in [1.165, 1.54) is 5.56 Å². The third-order valence-corrected chi connectivity index (χ3v) is 7.27. The van der Waals surface area contributed by atoms with Crippen LogP contribution >= 0.6 is 11.6 Å². The van der Waals surface area contributed by atoms with Crippen LogP contribution in [0.15, 0.2) is 42.6 Å². The van der Waals surface area contributed by atoms with Gasteiger partial charge in [-0.05, 0) is 93.4 Å². The highest BCUT2D eigenvalue weighted by Crippen LogP contribution is 2.46. The van der Waals surface area contributed by atoms with E-state index in [2.05, 4.69) is 12.1 Å². The number of carbonyl (C=O) groups excluding carboxylic acids is 1. The van der Waals surface area contributed by atoms with Crippen LogP contribution in [0.25, 0.3) is 32.8 Å². The molecule has 192 valence electrons. The van der Waals surface area contributed by atoms with Crippen molar-refractivity contribution in [1.82, 2.24) is 4.98 Å². The van der Waals surface area contributed by atoms with Crippen LogP contribution in [0.4, 0.5) is 0 Å². The lowest BCUT2D eigenvalue weighted by atomic mass is 9.85. The first kappa shape index (κ1) is 25.5. The summed E-state index contributed by atoms with van der Waals surface area (Å²) in [7, 11) is 0. The number of esters is 1. The molecule has 4 aromatic rings. The number of pyridine rings is 1. The quantitative estimate of drug-likeness (QED) is 0.254. The monoisotopic (exact) mass is 517 g/mol. The van der Waals surface area contributed by atoms with Crippen molar-refractivity contribution in [2.45, 2.75) is 59.7 Å². The molecule has 2 heterocycles. The molecule has 0 spiro atoms. The Bertz CT molecular complexity index is 1530. The van der Waals surface area contributed by atoms with Gasteiger partial charge in [-0.2, -0.15) is 0 Å². The Balaban J connectivity index is 1.92. The van der Waals surface area contributed by atoms with E-state index in [1.54, 1.807) is 6.92 Å². The summed E-state index contributed by atoms with van der Waals surface area (Å²) in [5.41, 5.74) is 5.87. The van der Waals surface area contributed by atoms with Crippen molar-refractivity contribution in [1.29, 1.82) is 0 Å². The molecule has 3 aromatic carbocycles. The summed E-state index contributed by atoms with van der Waals surface area (Å²) < 4.78 is 17.9. The van der Waals surface area contributed by atoms with Crippen LogP contribution in [0.3, 0.4) is 0 Å². The van der Waals surface area contributed by atoms with Crippen LogP contribution in [0.5, 0.6) is 5.75 Å². The summed E-state index contributed by atoms with van der Waals surface area (Å²) in [5.74, 6) is 0.409. The maximum atomic E-state index is 13.4. The van der Waals surface area contributed by atoms with Gasteiger partial charge in [0.2, 0.25) is 0 Å². The van der Waals surface area contributed by atoms with Crippen LogP contribution in [-0.2, 0) is 20.7 Å². The molecule has 0 fully saturated rings. The topological polar surface area (TPSA) is 57.7 Å². The number of nitrogens with zero attached hydrogens (tertiary/aromatic N) is 1. The first-order chi connectivity index (χ1) is 17.6. The summed E-state index contributed by atoms with van der Waals surface area (Å²) in [6.45, 7) is 12.5. The summed E-state index contributed by atoms with van der Waals surface area (Å²) in [6, 6.07) is 12.2. The Labute approximate surface area is 222 Å². The highest BCUT2D eigenvalue weighted by Gasteiger charge is 2.34. The third-order valence-electron chi connectivity index (χ3n) is 6.77. The van der Waals surface area contributed by atoms with Crippen LogP contribution in [0, 0.1) is 13.8 Å². The Kier molecular flexibility index (Phi) is 6.63. The molecule has 0 saturated heterocycles. The molecule has 0 amide bonds. The zero-order valence-corrected chi connectivity index (χ0v) is 23.0. The Morgan fingerprint density at radius 3 is 2.62 bits per heavy atom. The number of halogens is 1. The number of benzene rings is 3. The van der Waals surface area contributed by atoms with Crippen molar-refractivity contribution in [3.8, 4) is 16.9 Å². The molecule has 1 aromatic heterocycles. The zero-order chi connectivity index (χ0) is 26.5. The minimum Gasteiger partial charge on any atom is -0.493 e. The van der Waals surface area contributed by atoms with Gasteiger partial charge < -0.3 is 14.2 Å². The van der Waals surface area contributed by atoms with Crippen LogP contribution in [-0.4, -0.2) is 29.8 Å². The Hall–Kier alpha value is -3.15. The molecule has 1 atom stereocenters. The average molecular weight is 518 g/mol. The number of hydrogen-bond acceptors (Lipinski definition) is 5. The number of aromatic nitrogens is 1. The van der Waals surface area contributed by atoms with Crippen molar-refractivity contribution in [2.75, 3.05) is 13.2 Å². The van der Waals surface area contributed by atoms with E-state index in [-0.39, 0.29) is 6.61 Å². The molecule has 0 bridgehead atoms. The Morgan fingerprint density at radius 1 is 1.11 bits per heavy atom. The van der Waals surface area contributed by atoms with E-state index in [0.717, 1.165) is 61.7 Å². The molecular formula is C31H32ClNO4. The fraction of sp³-hybridized carbons (Fsp3) is 0.355. The third kappa shape index (κ3) is 4.55. The highest BCUT2D eigenvalue weighted by molar-refractivity contribution is 6.37. The van der Waals surface area contributed by atoms with Crippen LogP contribution in [0.2, 0.25) is 5.02 Å². The lowest BCUT2D eigenvalue weighted by Gasteiger charge is -2.30. The lowest BCUT2D eigenvalue weighted by molar-refractivity contribution is -0.166. The van der Waals surface area contributed by atoms with Gasteiger partial charge in [0.1, 0.15) is 5.75 Å². The van der Waals surface area contributed by atoms with Crippen LogP contribution in [0.1, 0.15) is 56.1 Å². The van der Waals surface area contributed by atoms with Gasteiger partial charge in [0, 0.05) is 34.5 Å². The second-order valence-corrected chi connectivity index (χ2v) is 10.9. The lowest BCUT2D eigenvalue weighted by Crippen LogP contribution is -2.29. The van der Waals surface area contributed by atoms with E-state index in [1.807, 2.05) is 65.1 Å². The maximum absolute atomic E-state index is 13.4. The van der Waals surface area contributed by atoms with E-state index in [9.17, 15) is 4.79 Å². The molecular weight excluding hydrogens is 486 g/mol. The minimum absolute atomic E-state index is 0.260. The smallest absolute Gasteiger partial charge is 0.339 e. The molecule has 37 heavy (non-hydrogen) atoms. The normalized spacial score (nSPS) is 14.0. The number of ether oxygens (including phenoxy) is 3. The molecule has 5 rings (SSSR count). The Morgan fingerprint density at radius 2 is 1.89 bits per heavy atom. The standard InChI is InChI=1S/C31H32ClNO4/c1-7-35-30(34)29(37-31(4,5)6)24-18(3)16-22-20(9-8-17(2)27(22)32)26(24)21-10-11-23-25-19(13-15-36-23)12-14-33-28(21)25/h8-12,14,16,29H,7,13,15H2,1-6H3. The SMILES string of the molecule is CCOC(=O)C(OC(C)(C)C)c1c(C)cc2c(Cl)c(C)ccc2c1-c1ccc2c3c(ccnc13)CCO2. The fourth-order valence-electron chi connectivity index (χ4n) is 5.23. The molecule has 5 nitrogen and oxygen atoms in total. The molecule has 1 aliphatic rings. The van der Waals surface area contributed by atoms with E-state index < -0.39 is 17.7 Å². The van der Waals surface area contributed by atoms with Gasteiger partial charge in [-0.15, -0.1) is 0 Å².